The number of fused-ring (bicyclic) bond motifs is 1. The highest BCUT2D eigenvalue weighted by Gasteiger charge is 2.12. The third-order valence-electron chi connectivity index (χ3n) is 3.19. The third-order valence-corrected chi connectivity index (χ3v) is 4.42. The number of aromatic nitrogens is 2. The third kappa shape index (κ3) is 2.09. The first-order chi connectivity index (χ1) is 9.58. The van der Waals surface area contributed by atoms with Gasteiger partial charge in [-0.1, -0.05) is 23.7 Å². The summed E-state index contributed by atoms with van der Waals surface area (Å²) in [6.07, 6.45) is 1.69. The Labute approximate surface area is 123 Å². The summed E-state index contributed by atoms with van der Waals surface area (Å²) in [5, 5.41) is 2.43. The van der Waals surface area contributed by atoms with Crippen molar-refractivity contribution >= 4 is 27.8 Å². The Morgan fingerprint density at radius 2 is 1.90 bits per heavy atom. The van der Waals surface area contributed by atoms with Crippen molar-refractivity contribution in [1.29, 1.82) is 0 Å². The summed E-state index contributed by atoms with van der Waals surface area (Å²) in [7, 11) is 0. The van der Waals surface area contributed by atoms with E-state index in [-0.39, 0.29) is 17.8 Å². The Morgan fingerprint density at radius 3 is 2.60 bits per heavy atom. The molecule has 0 radical (unpaired) electrons. The number of nitrogens with zero attached hydrogens (tertiary/aromatic N) is 2. The average Bonchev–Trinajstić information content (AvgIpc) is 2.93. The van der Waals surface area contributed by atoms with Gasteiger partial charge in [-0.15, -0.1) is 11.3 Å². The smallest absolute Gasteiger partial charge is 0.269 e. The molecule has 0 bridgehead atoms. The van der Waals surface area contributed by atoms with Crippen LogP contribution in [-0.4, -0.2) is 8.97 Å². The summed E-state index contributed by atoms with van der Waals surface area (Å²) >= 11 is 7.22. The van der Waals surface area contributed by atoms with Gasteiger partial charge < -0.3 is 0 Å². The van der Waals surface area contributed by atoms with E-state index in [1.807, 2.05) is 12.1 Å². The van der Waals surface area contributed by atoms with Crippen molar-refractivity contribution in [3.05, 3.63) is 72.8 Å². The molecule has 0 N–H and O–H groups in total. The largest absolute Gasteiger partial charge is 0.336 e. The second kappa shape index (κ2) is 4.92. The van der Waals surface area contributed by atoms with Gasteiger partial charge in [-0.05, 0) is 24.6 Å². The van der Waals surface area contributed by atoms with Gasteiger partial charge in [0.1, 0.15) is 4.83 Å². The number of hydrogen-bond donors (Lipinski definition) is 0. The van der Waals surface area contributed by atoms with E-state index in [2.05, 4.69) is 0 Å². The minimum atomic E-state index is -0.313. The second-order valence-corrected chi connectivity index (χ2v) is 5.83. The first-order valence-electron chi connectivity index (χ1n) is 6.01. The predicted octanol–water partition coefficient (Wildman–Crippen LogP) is 2.53. The molecule has 2 aromatic heterocycles. The molecule has 0 aliphatic heterocycles. The summed E-state index contributed by atoms with van der Waals surface area (Å²) in [6, 6.07) is 7.11. The lowest BCUT2D eigenvalue weighted by Gasteiger charge is -2.07. The van der Waals surface area contributed by atoms with Crippen molar-refractivity contribution < 1.29 is 0 Å². The van der Waals surface area contributed by atoms with Crippen LogP contribution < -0.4 is 11.2 Å². The molecule has 2 heterocycles. The molecule has 4 nitrogen and oxygen atoms in total. The van der Waals surface area contributed by atoms with E-state index in [0.717, 1.165) is 5.56 Å². The van der Waals surface area contributed by atoms with Crippen LogP contribution in [0, 0.1) is 6.92 Å². The molecule has 0 unspecified atom stereocenters. The molecule has 0 aliphatic rings. The van der Waals surface area contributed by atoms with Crippen LogP contribution in [0.5, 0.6) is 0 Å². The van der Waals surface area contributed by atoms with E-state index in [4.69, 9.17) is 11.6 Å². The van der Waals surface area contributed by atoms with Crippen LogP contribution >= 0.6 is 22.9 Å². The van der Waals surface area contributed by atoms with Crippen LogP contribution in [-0.2, 0) is 6.54 Å². The van der Waals surface area contributed by atoms with Gasteiger partial charge in [0.15, 0.2) is 0 Å². The summed E-state index contributed by atoms with van der Waals surface area (Å²) in [5.74, 6) is 0. The fourth-order valence-electron chi connectivity index (χ4n) is 2.12. The van der Waals surface area contributed by atoms with E-state index in [0.29, 0.717) is 15.4 Å². The highest BCUT2D eigenvalue weighted by atomic mass is 35.5. The van der Waals surface area contributed by atoms with Gasteiger partial charge in [0.2, 0.25) is 0 Å². The number of halogens is 1. The van der Waals surface area contributed by atoms with Crippen LogP contribution in [0.1, 0.15) is 11.1 Å². The maximum absolute atomic E-state index is 12.3. The minimum absolute atomic E-state index is 0.243. The number of rotatable bonds is 2. The first-order valence-corrected chi connectivity index (χ1v) is 7.27. The Balaban J connectivity index is 2.18. The van der Waals surface area contributed by atoms with Crippen LogP contribution in [0.4, 0.5) is 0 Å². The van der Waals surface area contributed by atoms with E-state index in [1.165, 1.54) is 20.3 Å². The molecule has 0 saturated carbocycles. The topological polar surface area (TPSA) is 43.5 Å². The van der Waals surface area contributed by atoms with Crippen molar-refractivity contribution in [2.24, 2.45) is 0 Å². The van der Waals surface area contributed by atoms with Crippen molar-refractivity contribution in [3.63, 3.8) is 0 Å². The van der Waals surface area contributed by atoms with Gasteiger partial charge in [0.25, 0.3) is 5.56 Å². The zero-order valence-electron chi connectivity index (χ0n) is 10.7. The Hall–Kier alpha value is -1.85. The van der Waals surface area contributed by atoms with Crippen molar-refractivity contribution in [2.45, 2.75) is 13.5 Å². The van der Waals surface area contributed by atoms with Gasteiger partial charge in [-0.25, -0.2) is 4.79 Å². The van der Waals surface area contributed by atoms with Crippen LogP contribution in [0.3, 0.4) is 0 Å². The lowest BCUT2D eigenvalue weighted by atomic mass is 10.2. The Kier molecular flexibility index (Phi) is 3.23. The number of thiazole rings is 1. The molecule has 3 aromatic rings. The monoisotopic (exact) mass is 306 g/mol. The first kappa shape index (κ1) is 13.1. The zero-order valence-corrected chi connectivity index (χ0v) is 12.2. The maximum atomic E-state index is 12.3. The molecule has 20 heavy (non-hydrogen) atoms. The van der Waals surface area contributed by atoms with Gasteiger partial charge >= 0.3 is 5.69 Å². The lowest BCUT2D eigenvalue weighted by Crippen LogP contribution is -2.38. The SMILES string of the molecule is Cc1c(=O)n(Cc2ccc(Cl)cc2)c(=O)n2ccsc12. The summed E-state index contributed by atoms with van der Waals surface area (Å²) in [4.78, 5) is 25.3. The zero-order chi connectivity index (χ0) is 14.3. The highest BCUT2D eigenvalue weighted by molar-refractivity contribution is 7.15. The van der Waals surface area contributed by atoms with E-state index < -0.39 is 0 Å². The van der Waals surface area contributed by atoms with E-state index >= 15 is 0 Å². The van der Waals surface area contributed by atoms with Gasteiger partial charge in [0.05, 0.1) is 6.54 Å². The second-order valence-electron chi connectivity index (χ2n) is 4.50. The molecule has 3 rings (SSSR count). The lowest BCUT2D eigenvalue weighted by molar-refractivity contribution is 0.684. The fourth-order valence-corrected chi connectivity index (χ4v) is 3.08. The Bertz CT molecular complexity index is 890. The molecular weight excluding hydrogens is 296 g/mol. The van der Waals surface area contributed by atoms with Gasteiger partial charge in [-0.3, -0.25) is 13.8 Å². The molecule has 6 heteroatoms. The summed E-state index contributed by atoms with van der Waals surface area (Å²) in [5.41, 5.74) is 0.899. The van der Waals surface area contributed by atoms with E-state index in [1.54, 1.807) is 30.6 Å². The normalized spacial score (nSPS) is 11.1. The summed E-state index contributed by atoms with van der Waals surface area (Å²) < 4.78 is 2.76. The van der Waals surface area contributed by atoms with Crippen molar-refractivity contribution in [1.82, 2.24) is 8.97 Å². The molecule has 0 amide bonds. The Morgan fingerprint density at radius 1 is 1.20 bits per heavy atom. The fraction of sp³-hybridized carbons (Fsp3) is 0.143. The molecule has 0 atom stereocenters. The van der Waals surface area contributed by atoms with Crippen LogP contribution in [0.2, 0.25) is 5.02 Å². The van der Waals surface area contributed by atoms with Crippen molar-refractivity contribution in [3.8, 4) is 0 Å². The number of hydrogen-bond acceptors (Lipinski definition) is 3. The molecule has 0 saturated heterocycles. The van der Waals surface area contributed by atoms with Crippen LogP contribution in [0.25, 0.3) is 4.83 Å². The summed E-state index contributed by atoms with van der Waals surface area (Å²) in [6.45, 7) is 1.99. The molecule has 0 fully saturated rings. The highest BCUT2D eigenvalue weighted by Crippen LogP contribution is 2.12. The minimum Gasteiger partial charge on any atom is -0.269 e. The quantitative estimate of drug-likeness (QED) is 0.730. The van der Waals surface area contributed by atoms with Gasteiger partial charge in [0, 0.05) is 22.2 Å². The average molecular weight is 307 g/mol. The van der Waals surface area contributed by atoms with Crippen LogP contribution in [0.15, 0.2) is 45.4 Å². The predicted molar refractivity (Wildman–Crippen MR) is 81.1 cm³/mol. The molecule has 102 valence electrons. The molecule has 0 spiro atoms. The molecule has 0 aliphatic carbocycles. The number of aryl methyl sites for hydroxylation is 1. The number of benzene rings is 1. The van der Waals surface area contributed by atoms with E-state index in [9.17, 15) is 9.59 Å². The molecular formula is C14H11ClN2O2S. The van der Waals surface area contributed by atoms with Gasteiger partial charge in [-0.2, -0.15) is 0 Å². The van der Waals surface area contributed by atoms with Crippen molar-refractivity contribution in [2.75, 3.05) is 0 Å². The standard InChI is InChI=1S/C14H11ClN2O2S/c1-9-12(18)17(8-10-2-4-11(15)5-3-10)14(19)16-6-7-20-13(9)16/h2-7H,8H2,1H3. The maximum Gasteiger partial charge on any atom is 0.336 e. The molecule has 1 aromatic carbocycles.